The van der Waals surface area contributed by atoms with Crippen LogP contribution in [0.1, 0.15) is 6.92 Å². The molecule has 0 aliphatic rings. The van der Waals surface area contributed by atoms with E-state index in [9.17, 15) is 4.79 Å². The van der Waals surface area contributed by atoms with E-state index < -0.39 is 0 Å². The van der Waals surface area contributed by atoms with Crippen molar-refractivity contribution >= 4 is 29.0 Å². The number of hydrogen-bond donors (Lipinski definition) is 0. The number of ether oxygens (including phenoxy) is 1. The van der Waals surface area contributed by atoms with Gasteiger partial charge in [-0.15, -0.1) is 0 Å². The Morgan fingerprint density at radius 2 is 1.75 bits per heavy atom. The summed E-state index contributed by atoms with van der Waals surface area (Å²) in [6.45, 7) is 1.36. The summed E-state index contributed by atoms with van der Waals surface area (Å²) in [7, 11) is 0. The third kappa shape index (κ3) is 2.69. The maximum atomic E-state index is 10.5. The highest BCUT2D eigenvalue weighted by atomic mass is 127. The lowest BCUT2D eigenvalue weighted by Crippen LogP contribution is -2.00. The number of esters is 1. The molecule has 64 valence electrons. The van der Waals surface area contributed by atoms with Gasteiger partial charge in [0, 0.05) is 6.92 Å². The summed E-state index contributed by atoms with van der Waals surface area (Å²) in [6.07, 6.45) is 0. The SMILES string of the molecule is CC(=O)Oc1ccc(OI)cc1. The summed E-state index contributed by atoms with van der Waals surface area (Å²) in [6, 6.07) is 6.81. The lowest BCUT2D eigenvalue weighted by Gasteiger charge is -2.00. The quantitative estimate of drug-likeness (QED) is 0.473. The van der Waals surface area contributed by atoms with Gasteiger partial charge in [0.05, 0.1) is 0 Å². The molecule has 1 rings (SSSR count). The summed E-state index contributed by atoms with van der Waals surface area (Å²) in [4.78, 5) is 10.5. The second kappa shape index (κ2) is 4.30. The number of halogens is 1. The minimum atomic E-state index is -0.321. The third-order valence-electron chi connectivity index (χ3n) is 1.17. The van der Waals surface area contributed by atoms with Crippen molar-refractivity contribution in [2.24, 2.45) is 0 Å². The van der Waals surface area contributed by atoms with Gasteiger partial charge in [-0.1, -0.05) is 0 Å². The smallest absolute Gasteiger partial charge is 0.308 e. The minimum Gasteiger partial charge on any atom is -0.428 e. The molecule has 0 spiro atoms. The second-order valence-electron chi connectivity index (χ2n) is 2.14. The molecular weight excluding hydrogens is 271 g/mol. The molecule has 0 aliphatic heterocycles. The van der Waals surface area contributed by atoms with E-state index in [4.69, 9.17) is 7.80 Å². The van der Waals surface area contributed by atoms with E-state index in [2.05, 4.69) is 0 Å². The molecular formula is C8H7IO3. The lowest BCUT2D eigenvalue weighted by molar-refractivity contribution is -0.131. The first kappa shape index (κ1) is 9.31. The highest BCUT2D eigenvalue weighted by molar-refractivity contribution is 14.1. The van der Waals surface area contributed by atoms with Crippen molar-refractivity contribution in [3.63, 3.8) is 0 Å². The topological polar surface area (TPSA) is 35.5 Å². The summed E-state index contributed by atoms with van der Waals surface area (Å²) in [5.74, 6) is 0.935. The fraction of sp³-hybridized carbons (Fsp3) is 0.125. The molecule has 0 unspecified atom stereocenters. The van der Waals surface area contributed by atoms with Gasteiger partial charge < -0.3 is 7.80 Å². The molecule has 1 aromatic rings. The van der Waals surface area contributed by atoms with E-state index >= 15 is 0 Å². The van der Waals surface area contributed by atoms with E-state index in [1.54, 1.807) is 47.3 Å². The van der Waals surface area contributed by atoms with Gasteiger partial charge in [0.25, 0.3) is 0 Å². The van der Waals surface area contributed by atoms with Gasteiger partial charge >= 0.3 is 5.97 Å². The largest absolute Gasteiger partial charge is 0.428 e. The molecule has 0 aliphatic carbocycles. The Kier molecular flexibility index (Phi) is 3.33. The maximum absolute atomic E-state index is 10.5. The molecule has 0 heterocycles. The molecule has 12 heavy (non-hydrogen) atoms. The normalized spacial score (nSPS) is 9.17. The van der Waals surface area contributed by atoms with Crippen LogP contribution in [0.3, 0.4) is 0 Å². The zero-order chi connectivity index (χ0) is 8.97. The Labute approximate surface area is 84.4 Å². The molecule has 0 amide bonds. The number of benzene rings is 1. The van der Waals surface area contributed by atoms with Crippen molar-refractivity contribution in [2.45, 2.75) is 6.92 Å². The van der Waals surface area contributed by atoms with Crippen molar-refractivity contribution in [1.82, 2.24) is 0 Å². The number of carbonyl (C=O) groups is 1. The fourth-order valence-electron chi connectivity index (χ4n) is 0.725. The Morgan fingerprint density at radius 3 is 2.17 bits per heavy atom. The molecule has 0 atom stereocenters. The minimum absolute atomic E-state index is 0.321. The van der Waals surface area contributed by atoms with Gasteiger partial charge in [-0.3, -0.25) is 4.79 Å². The van der Waals surface area contributed by atoms with E-state index in [-0.39, 0.29) is 5.97 Å². The van der Waals surface area contributed by atoms with Gasteiger partial charge in [0.1, 0.15) is 11.5 Å². The third-order valence-corrected chi connectivity index (χ3v) is 1.68. The average Bonchev–Trinajstić information content (AvgIpc) is 2.05. The van der Waals surface area contributed by atoms with Gasteiger partial charge in [-0.25, -0.2) is 0 Å². The zero-order valence-corrected chi connectivity index (χ0v) is 8.57. The van der Waals surface area contributed by atoms with Crippen LogP contribution in [0.25, 0.3) is 0 Å². The van der Waals surface area contributed by atoms with E-state index in [1.807, 2.05) is 0 Å². The van der Waals surface area contributed by atoms with Gasteiger partial charge in [-0.2, -0.15) is 0 Å². The van der Waals surface area contributed by atoms with Crippen LogP contribution in [-0.2, 0) is 4.79 Å². The van der Waals surface area contributed by atoms with Crippen LogP contribution in [0.4, 0.5) is 0 Å². The van der Waals surface area contributed by atoms with E-state index in [1.165, 1.54) is 6.92 Å². The number of hydrogen-bond acceptors (Lipinski definition) is 3. The van der Waals surface area contributed by atoms with Crippen molar-refractivity contribution < 1.29 is 12.6 Å². The van der Waals surface area contributed by atoms with Crippen molar-refractivity contribution in [1.29, 1.82) is 0 Å². The van der Waals surface area contributed by atoms with Crippen LogP contribution < -0.4 is 7.80 Å². The molecule has 4 heteroatoms. The van der Waals surface area contributed by atoms with Crippen LogP contribution in [0.15, 0.2) is 24.3 Å². The Morgan fingerprint density at radius 1 is 1.25 bits per heavy atom. The first-order chi connectivity index (χ1) is 5.72. The molecule has 0 N–H and O–H groups in total. The predicted octanol–water partition coefficient (Wildman–Crippen LogP) is 2.34. The molecule has 0 saturated heterocycles. The van der Waals surface area contributed by atoms with Gasteiger partial charge in [0.15, 0.2) is 23.0 Å². The zero-order valence-electron chi connectivity index (χ0n) is 6.41. The van der Waals surface area contributed by atoms with Crippen molar-refractivity contribution in [3.8, 4) is 11.5 Å². The highest BCUT2D eigenvalue weighted by Gasteiger charge is 1.97. The average molecular weight is 278 g/mol. The lowest BCUT2D eigenvalue weighted by atomic mass is 10.3. The molecule has 3 nitrogen and oxygen atoms in total. The van der Waals surface area contributed by atoms with Crippen LogP contribution >= 0.6 is 23.0 Å². The van der Waals surface area contributed by atoms with Crippen molar-refractivity contribution in [2.75, 3.05) is 0 Å². The van der Waals surface area contributed by atoms with E-state index in [0.717, 1.165) is 5.75 Å². The Balaban J connectivity index is 2.71. The first-order valence-electron chi connectivity index (χ1n) is 3.29. The fourth-order valence-corrected chi connectivity index (χ4v) is 1.02. The first-order valence-corrected chi connectivity index (χ1v) is 4.17. The number of carbonyl (C=O) groups excluding carboxylic acids is 1. The summed E-state index contributed by atoms with van der Waals surface area (Å²) < 4.78 is 9.72. The summed E-state index contributed by atoms with van der Waals surface area (Å²) in [5.41, 5.74) is 0. The van der Waals surface area contributed by atoms with Crippen LogP contribution in [0, 0.1) is 0 Å². The summed E-state index contributed by atoms with van der Waals surface area (Å²) >= 11 is 1.78. The van der Waals surface area contributed by atoms with E-state index in [0.29, 0.717) is 5.75 Å². The molecule has 0 aromatic heterocycles. The monoisotopic (exact) mass is 278 g/mol. The van der Waals surface area contributed by atoms with Crippen LogP contribution in [0.2, 0.25) is 0 Å². The predicted molar refractivity (Wildman–Crippen MR) is 52.4 cm³/mol. The van der Waals surface area contributed by atoms with Gasteiger partial charge in [0.2, 0.25) is 0 Å². The maximum Gasteiger partial charge on any atom is 0.308 e. The van der Waals surface area contributed by atoms with Crippen LogP contribution in [-0.4, -0.2) is 5.97 Å². The molecule has 0 fully saturated rings. The Bertz CT molecular complexity index is 268. The molecule has 0 saturated carbocycles. The Hall–Kier alpha value is -0.780. The number of rotatable bonds is 2. The van der Waals surface area contributed by atoms with Gasteiger partial charge in [-0.05, 0) is 24.3 Å². The standard InChI is InChI=1S/C8H7IO3/c1-6(10)11-7-2-4-8(12-9)5-3-7/h2-5H,1H3. The summed E-state index contributed by atoms with van der Waals surface area (Å²) in [5, 5.41) is 0. The molecule has 0 bridgehead atoms. The van der Waals surface area contributed by atoms with Crippen LogP contribution in [0.5, 0.6) is 11.5 Å². The second-order valence-corrected chi connectivity index (χ2v) is 2.58. The molecule has 1 aromatic carbocycles. The van der Waals surface area contributed by atoms with Crippen molar-refractivity contribution in [3.05, 3.63) is 24.3 Å². The molecule has 0 radical (unpaired) electrons. The highest BCUT2D eigenvalue weighted by Crippen LogP contribution is 2.18.